The molecular weight excluding hydrogens is 429 g/mol. The predicted octanol–water partition coefficient (Wildman–Crippen LogP) is 1.90. The first-order valence-corrected chi connectivity index (χ1v) is 11.4. The van der Waals surface area contributed by atoms with Crippen molar-refractivity contribution >= 4 is 35.1 Å². The van der Waals surface area contributed by atoms with Crippen molar-refractivity contribution in [2.24, 2.45) is 12.8 Å². The smallest absolute Gasteiger partial charge is 0.423 e. The summed E-state index contributed by atoms with van der Waals surface area (Å²) in [5, 5.41) is 24.1. The average molecular weight is 455 g/mol. The second kappa shape index (κ2) is 8.93. The Balaban J connectivity index is 1.57. The summed E-state index contributed by atoms with van der Waals surface area (Å²) in [5.74, 6) is 0.920. The number of anilines is 1. The number of hydrogen-bond donors (Lipinski definition) is 4. The number of benzene rings is 2. The van der Waals surface area contributed by atoms with Crippen molar-refractivity contribution in [3.05, 3.63) is 71.0 Å². The topological polar surface area (TPSA) is 126 Å². The third kappa shape index (κ3) is 4.04. The van der Waals surface area contributed by atoms with E-state index in [1.165, 1.54) is 0 Å². The lowest BCUT2D eigenvalue weighted by molar-refractivity contribution is 0.100. The van der Waals surface area contributed by atoms with Gasteiger partial charge in [-0.15, -0.1) is 0 Å². The van der Waals surface area contributed by atoms with Crippen LogP contribution in [-0.2, 0) is 26.4 Å². The summed E-state index contributed by atoms with van der Waals surface area (Å²) in [5.41, 5.74) is 10.4. The van der Waals surface area contributed by atoms with Crippen LogP contribution in [0.1, 0.15) is 40.0 Å². The van der Waals surface area contributed by atoms with Crippen LogP contribution >= 0.6 is 0 Å². The summed E-state index contributed by atoms with van der Waals surface area (Å²) in [6.07, 6.45) is 5.87. The average Bonchev–Trinajstić information content (AvgIpc) is 3.18. The van der Waals surface area contributed by atoms with Crippen LogP contribution in [0.5, 0.6) is 0 Å². The van der Waals surface area contributed by atoms with Gasteiger partial charge in [-0.25, -0.2) is 9.97 Å². The van der Waals surface area contributed by atoms with Crippen molar-refractivity contribution in [3.8, 4) is 11.5 Å². The first-order chi connectivity index (χ1) is 16.4. The molecule has 0 radical (unpaired) electrons. The summed E-state index contributed by atoms with van der Waals surface area (Å²) < 4.78 is 1.94. The molecule has 0 atom stereocenters. The third-order valence-electron chi connectivity index (χ3n) is 6.41. The highest BCUT2D eigenvalue weighted by Crippen LogP contribution is 2.33. The lowest BCUT2D eigenvalue weighted by Gasteiger charge is -2.20. The van der Waals surface area contributed by atoms with E-state index in [4.69, 9.17) is 15.7 Å². The van der Waals surface area contributed by atoms with Crippen molar-refractivity contribution in [1.29, 1.82) is 0 Å². The molecule has 1 aliphatic rings. The van der Waals surface area contributed by atoms with Crippen LogP contribution in [0.25, 0.3) is 22.3 Å². The summed E-state index contributed by atoms with van der Waals surface area (Å²) in [4.78, 5) is 21.8. The molecule has 2 heterocycles. The summed E-state index contributed by atoms with van der Waals surface area (Å²) in [6, 6.07) is 12.7. The van der Waals surface area contributed by atoms with Crippen LogP contribution in [-0.4, -0.2) is 37.6 Å². The van der Waals surface area contributed by atoms with Gasteiger partial charge in [-0.3, -0.25) is 4.79 Å². The molecule has 2 aromatic heterocycles. The molecule has 172 valence electrons. The fourth-order valence-electron chi connectivity index (χ4n) is 4.75. The van der Waals surface area contributed by atoms with Gasteiger partial charge in [0.05, 0.1) is 5.69 Å². The summed E-state index contributed by atoms with van der Waals surface area (Å²) >= 11 is 0. The van der Waals surface area contributed by atoms with Crippen molar-refractivity contribution in [2.75, 3.05) is 5.32 Å². The Bertz CT molecular complexity index is 1400. The van der Waals surface area contributed by atoms with E-state index in [1.54, 1.807) is 24.3 Å². The highest BCUT2D eigenvalue weighted by Gasteiger charge is 2.22. The number of amides is 1. The molecule has 0 spiro atoms. The van der Waals surface area contributed by atoms with Gasteiger partial charge >= 0.3 is 7.12 Å². The molecule has 1 aliphatic carbocycles. The molecule has 0 bridgehead atoms. The minimum absolute atomic E-state index is 0.449. The van der Waals surface area contributed by atoms with Gasteiger partial charge in [-0.2, -0.15) is 0 Å². The zero-order valence-corrected chi connectivity index (χ0v) is 19.0. The number of carbonyl (C=O) groups excluding carboxylic acids is 1. The Hall–Kier alpha value is -3.69. The van der Waals surface area contributed by atoms with E-state index >= 15 is 0 Å². The third-order valence-corrected chi connectivity index (χ3v) is 6.41. The van der Waals surface area contributed by atoms with Crippen LogP contribution in [0, 0.1) is 0 Å². The lowest BCUT2D eigenvalue weighted by Crippen LogP contribution is -2.30. The molecule has 5 rings (SSSR count). The van der Waals surface area contributed by atoms with Crippen molar-refractivity contribution in [1.82, 2.24) is 14.5 Å². The maximum absolute atomic E-state index is 11.9. The standard InChI is InChI=1S/C25H26BN5O3/c1-31-14-20-17(9-5-10-18(20)23(27)32)22(31)25-29-21-11-3-2-8-19(21)24(30-25)28-13-15-6-4-7-16(12-15)26(33)34/h4-7,9-10,12,14,33-34H,2-3,8,11,13H2,1H3,(H2,27,32)(H,28,29,30). The molecule has 9 heteroatoms. The molecule has 0 fully saturated rings. The minimum Gasteiger partial charge on any atom is -0.423 e. The van der Waals surface area contributed by atoms with E-state index in [2.05, 4.69) is 5.32 Å². The number of primary amides is 1. The maximum Gasteiger partial charge on any atom is 0.488 e. The molecule has 2 aromatic carbocycles. The van der Waals surface area contributed by atoms with Crippen LogP contribution in [0.4, 0.5) is 5.82 Å². The Morgan fingerprint density at radius 3 is 2.71 bits per heavy atom. The van der Waals surface area contributed by atoms with E-state index in [0.717, 1.165) is 64.8 Å². The van der Waals surface area contributed by atoms with E-state index in [-0.39, 0.29) is 0 Å². The number of rotatable bonds is 6. The first-order valence-electron chi connectivity index (χ1n) is 11.4. The van der Waals surface area contributed by atoms with Crippen molar-refractivity contribution < 1.29 is 14.8 Å². The normalized spacial score (nSPS) is 13.0. The number of nitrogens with zero attached hydrogens (tertiary/aromatic N) is 3. The van der Waals surface area contributed by atoms with Gasteiger partial charge in [0.25, 0.3) is 0 Å². The van der Waals surface area contributed by atoms with Gasteiger partial charge in [0.2, 0.25) is 5.91 Å². The van der Waals surface area contributed by atoms with Crippen molar-refractivity contribution in [2.45, 2.75) is 32.2 Å². The number of carbonyl (C=O) groups is 1. The van der Waals surface area contributed by atoms with E-state index in [9.17, 15) is 14.8 Å². The zero-order chi connectivity index (χ0) is 23.8. The number of aromatic nitrogens is 3. The van der Waals surface area contributed by atoms with Crippen LogP contribution in [0.2, 0.25) is 0 Å². The minimum atomic E-state index is -1.51. The van der Waals surface area contributed by atoms with Crippen LogP contribution < -0.4 is 16.5 Å². The molecule has 0 saturated heterocycles. The molecule has 34 heavy (non-hydrogen) atoms. The summed E-state index contributed by atoms with van der Waals surface area (Å²) in [6.45, 7) is 0.489. The number of aryl methyl sites for hydroxylation is 2. The molecule has 0 aliphatic heterocycles. The van der Waals surface area contributed by atoms with Gasteiger partial charge in [-0.05, 0) is 42.8 Å². The largest absolute Gasteiger partial charge is 0.488 e. The van der Waals surface area contributed by atoms with Gasteiger partial charge in [0.1, 0.15) is 5.82 Å². The van der Waals surface area contributed by atoms with Crippen LogP contribution in [0.3, 0.4) is 0 Å². The lowest BCUT2D eigenvalue weighted by atomic mass is 9.79. The molecule has 8 nitrogen and oxygen atoms in total. The second-order valence-electron chi connectivity index (χ2n) is 8.72. The molecular formula is C25H26BN5O3. The number of fused-ring (bicyclic) bond motifs is 2. The monoisotopic (exact) mass is 455 g/mol. The maximum atomic E-state index is 11.9. The predicted molar refractivity (Wildman–Crippen MR) is 133 cm³/mol. The Kier molecular flexibility index (Phi) is 5.81. The molecule has 5 N–H and O–H groups in total. The fraction of sp³-hybridized carbons (Fsp3) is 0.240. The quantitative estimate of drug-likeness (QED) is 0.329. The summed E-state index contributed by atoms with van der Waals surface area (Å²) in [7, 11) is 0.413. The SMILES string of the molecule is Cn1cc2c(C(N)=O)cccc2c1-c1nc2c(c(NCc3cccc(B(O)O)c3)n1)CCCC2. The fourth-order valence-corrected chi connectivity index (χ4v) is 4.75. The van der Waals surface area contributed by atoms with Gasteiger partial charge in [0.15, 0.2) is 5.82 Å². The number of hydrogen-bond acceptors (Lipinski definition) is 6. The van der Waals surface area contributed by atoms with Crippen LogP contribution in [0.15, 0.2) is 48.7 Å². The first kappa shape index (κ1) is 22.1. The van der Waals surface area contributed by atoms with Crippen molar-refractivity contribution in [3.63, 3.8) is 0 Å². The molecule has 4 aromatic rings. The molecule has 0 saturated carbocycles. The highest BCUT2D eigenvalue weighted by atomic mass is 16.4. The van der Waals surface area contributed by atoms with E-state index in [0.29, 0.717) is 23.4 Å². The van der Waals surface area contributed by atoms with E-state index < -0.39 is 13.0 Å². The molecule has 0 unspecified atom stereocenters. The highest BCUT2D eigenvalue weighted by molar-refractivity contribution is 6.58. The zero-order valence-electron chi connectivity index (χ0n) is 19.0. The second-order valence-corrected chi connectivity index (χ2v) is 8.72. The van der Waals surface area contributed by atoms with Gasteiger partial charge < -0.3 is 25.7 Å². The Labute approximate surface area is 197 Å². The molecule has 1 amide bonds. The number of nitrogens with two attached hydrogens (primary N) is 1. The Morgan fingerprint density at radius 2 is 1.91 bits per heavy atom. The van der Waals surface area contributed by atoms with Gasteiger partial charge in [-0.1, -0.05) is 36.4 Å². The Morgan fingerprint density at radius 1 is 1.12 bits per heavy atom. The van der Waals surface area contributed by atoms with Gasteiger partial charge in [0, 0.05) is 47.4 Å². The van der Waals surface area contributed by atoms with E-state index in [1.807, 2.05) is 36.0 Å². The number of nitrogens with one attached hydrogen (secondary N) is 1.